The molecule has 2 aromatic carbocycles. The Morgan fingerprint density at radius 2 is 1.65 bits per heavy atom. The maximum absolute atomic E-state index is 12.9. The van der Waals surface area contributed by atoms with Gasteiger partial charge in [0.1, 0.15) is 0 Å². The van der Waals surface area contributed by atoms with E-state index in [9.17, 15) is 18.0 Å². The minimum Gasteiger partial charge on any atom is -0.457 e. The highest BCUT2D eigenvalue weighted by Gasteiger charge is 2.33. The molecule has 1 aliphatic heterocycles. The van der Waals surface area contributed by atoms with E-state index in [1.54, 1.807) is 30.3 Å². The van der Waals surface area contributed by atoms with Crippen LogP contribution < -0.4 is 0 Å². The first-order valence-electron chi connectivity index (χ1n) is 10.6. The van der Waals surface area contributed by atoms with Crippen LogP contribution in [0.1, 0.15) is 46.8 Å². The summed E-state index contributed by atoms with van der Waals surface area (Å²) < 4.78 is 32.5. The highest BCUT2D eigenvalue weighted by molar-refractivity contribution is 7.89. The second-order valence-corrected chi connectivity index (χ2v) is 9.94. The Bertz CT molecular complexity index is 1050. The van der Waals surface area contributed by atoms with Crippen LogP contribution in [0.5, 0.6) is 0 Å². The normalized spacial score (nSPS) is 15.6. The van der Waals surface area contributed by atoms with Gasteiger partial charge in [0.2, 0.25) is 10.0 Å². The molecule has 0 radical (unpaired) electrons. The smallest absolute Gasteiger partial charge is 0.309 e. The van der Waals surface area contributed by atoms with Gasteiger partial charge in [-0.2, -0.15) is 4.31 Å². The van der Waals surface area contributed by atoms with E-state index in [-0.39, 0.29) is 30.4 Å². The summed E-state index contributed by atoms with van der Waals surface area (Å²) in [5.74, 6) is -1.09. The third-order valence-electron chi connectivity index (χ3n) is 5.93. The summed E-state index contributed by atoms with van der Waals surface area (Å²) in [6.07, 6.45) is 1.64. The van der Waals surface area contributed by atoms with Gasteiger partial charge in [-0.3, -0.25) is 9.59 Å². The summed E-state index contributed by atoms with van der Waals surface area (Å²) in [5.41, 5.74) is 3.61. The Labute approximate surface area is 184 Å². The molecule has 0 amide bonds. The predicted molar refractivity (Wildman–Crippen MR) is 119 cm³/mol. The fourth-order valence-corrected chi connectivity index (χ4v) is 5.17. The molecule has 1 saturated heterocycles. The summed E-state index contributed by atoms with van der Waals surface area (Å²) in [4.78, 5) is 24.9. The van der Waals surface area contributed by atoms with Crippen molar-refractivity contribution in [2.75, 3.05) is 19.7 Å². The topological polar surface area (TPSA) is 80.8 Å². The molecular weight excluding hydrogens is 414 g/mol. The largest absolute Gasteiger partial charge is 0.457 e. The number of Topliss-reactive ketones (excluding diaryl/α,β-unsaturated/α-hetero) is 1. The molecule has 0 saturated carbocycles. The van der Waals surface area contributed by atoms with E-state index in [2.05, 4.69) is 0 Å². The number of piperidine rings is 1. The predicted octanol–water partition coefficient (Wildman–Crippen LogP) is 3.69. The average molecular weight is 444 g/mol. The van der Waals surface area contributed by atoms with Crippen molar-refractivity contribution < 1.29 is 22.7 Å². The molecule has 1 heterocycles. The fourth-order valence-electron chi connectivity index (χ4n) is 3.62. The van der Waals surface area contributed by atoms with E-state index < -0.39 is 21.9 Å². The molecule has 0 unspecified atom stereocenters. The standard InChI is InChI=1S/C24H29NO5S/c1-4-19-6-8-20(9-7-19)23(26)16-30-24(27)21-11-13-25(14-12-21)31(28,29)22-10-5-17(2)18(3)15-22/h5-10,15,21H,4,11-14,16H2,1-3H3. The van der Waals surface area contributed by atoms with Crippen LogP contribution >= 0.6 is 0 Å². The van der Waals surface area contributed by atoms with Crippen LogP contribution in [0.2, 0.25) is 0 Å². The number of carbonyl (C=O) groups is 2. The quantitative estimate of drug-likeness (QED) is 0.482. The zero-order chi connectivity index (χ0) is 22.6. The molecule has 0 spiro atoms. The Morgan fingerprint density at radius 3 is 2.23 bits per heavy atom. The Balaban J connectivity index is 1.53. The molecular formula is C24H29NO5S. The number of sulfonamides is 1. The lowest BCUT2D eigenvalue weighted by Gasteiger charge is -2.30. The average Bonchev–Trinajstić information content (AvgIpc) is 2.79. The molecule has 0 atom stereocenters. The first-order chi connectivity index (χ1) is 14.7. The number of hydrogen-bond donors (Lipinski definition) is 0. The SMILES string of the molecule is CCc1ccc(C(=O)COC(=O)C2CCN(S(=O)(=O)c3ccc(C)c(C)c3)CC2)cc1. The summed E-state index contributed by atoms with van der Waals surface area (Å²) in [6.45, 7) is 6.06. The highest BCUT2D eigenvalue weighted by Crippen LogP contribution is 2.25. The monoisotopic (exact) mass is 443 g/mol. The van der Waals surface area contributed by atoms with Crippen molar-refractivity contribution in [1.29, 1.82) is 0 Å². The van der Waals surface area contributed by atoms with Crippen molar-refractivity contribution in [3.05, 3.63) is 64.7 Å². The van der Waals surface area contributed by atoms with Crippen LogP contribution in [0.4, 0.5) is 0 Å². The van der Waals surface area contributed by atoms with Gasteiger partial charge in [0.15, 0.2) is 12.4 Å². The van der Waals surface area contributed by atoms with Crippen LogP contribution in [-0.4, -0.2) is 44.2 Å². The van der Waals surface area contributed by atoms with Crippen LogP contribution in [-0.2, 0) is 26.0 Å². The first kappa shape index (κ1) is 23.2. The highest BCUT2D eigenvalue weighted by atomic mass is 32.2. The van der Waals surface area contributed by atoms with Gasteiger partial charge in [-0.15, -0.1) is 0 Å². The third-order valence-corrected chi connectivity index (χ3v) is 7.83. The van der Waals surface area contributed by atoms with Crippen LogP contribution in [0.3, 0.4) is 0 Å². The number of benzene rings is 2. The van der Waals surface area contributed by atoms with Gasteiger partial charge in [0.25, 0.3) is 0 Å². The van der Waals surface area contributed by atoms with Crippen molar-refractivity contribution >= 4 is 21.8 Å². The van der Waals surface area contributed by atoms with Crippen molar-refractivity contribution in [2.45, 2.75) is 44.9 Å². The Hall–Kier alpha value is -2.51. The van der Waals surface area contributed by atoms with Gasteiger partial charge < -0.3 is 4.74 Å². The number of ketones is 1. The second kappa shape index (κ2) is 9.75. The molecule has 0 N–H and O–H groups in total. The number of ether oxygens (including phenoxy) is 1. The number of carbonyl (C=O) groups excluding carboxylic acids is 2. The Kier molecular flexibility index (Phi) is 7.28. The van der Waals surface area contributed by atoms with Crippen LogP contribution in [0.15, 0.2) is 47.4 Å². The van der Waals surface area contributed by atoms with Crippen molar-refractivity contribution in [1.82, 2.24) is 4.31 Å². The number of aryl methyl sites for hydroxylation is 3. The van der Waals surface area contributed by atoms with Crippen LogP contribution in [0.25, 0.3) is 0 Å². The van der Waals surface area contributed by atoms with Gasteiger partial charge in [0, 0.05) is 18.7 Å². The second-order valence-electron chi connectivity index (χ2n) is 8.01. The third kappa shape index (κ3) is 5.40. The minimum atomic E-state index is -3.59. The molecule has 1 fully saturated rings. The van der Waals surface area contributed by atoms with E-state index in [0.29, 0.717) is 18.4 Å². The number of esters is 1. The first-order valence-corrected chi connectivity index (χ1v) is 12.0. The van der Waals surface area contributed by atoms with Gasteiger partial charge >= 0.3 is 5.97 Å². The zero-order valence-electron chi connectivity index (χ0n) is 18.3. The fraction of sp³-hybridized carbons (Fsp3) is 0.417. The molecule has 3 rings (SSSR count). The molecule has 6 nitrogen and oxygen atoms in total. The van der Waals surface area contributed by atoms with Gasteiger partial charge in [-0.05, 0) is 61.9 Å². The van der Waals surface area contributed by atoms with E-state index in [1.165, 1.54) is 4.31 Å². The zero-order valence-corrected chi connectivity index (χ0v) is 19.1. The van der Waals surface area contributed by atoms with Crippen molar-refractivity contribution in [3.8, 4) is 0 Å². The molecule has 166 valence electrons. The lowest BCUT2D eigenvalue weighted by Crippen LogP contribution is -2.40. The lowest BCUT2D eigenvalue weighted by atomic mass is 9.98. The summed E-state index contributed by atoms with van der Waals surface area (Å²) in [5, 5.41) is 0. The van der Waals surface area contributed by atoms with Gasteiger partial charge in [-0.25, -0.2) is 8.42 Å². The molecule has 0 aliphatic carbocycles. The lowest BCUT2D eigenvalue weighted by molar-refractivity contribution is -0.148. The molecule has 31 heavy (non-hydrogen) atoms. The van der Waals surface area contributed by atoms with Gasteiger partial charge in [-0.1, -0.05) is 37.3 Å². The molecule has 1 aliphatic rings. The maximum Gasteiger partial charge on any atom is 0.309 e. The van der Waals surface area contributed by atoms with Crippen molar-refractivity contribution in [3.63, 3.8) is 0 Å². The molecule has 0 bridgehead atoms. The Morgan fingerprint density at radius 1 is 1.00 bits per heavy atom. The van der Waals surface area contributed by atoms with E-state index in [0.717, 1.165) is 23.1 Å². The summed E-state index contributed by atoms with van der Waals surface area (Å²) >= 11 is 0. The van der Waals surface area contributed by atoms with Crippen molar-refractivity contribution in [2.24, 2.45) is 5.92 Å². The van der Waals surface area contributed by atoms with E-state index in [4.69, 9.17) is 4.74 Å². The molecule has 0 aromatic heterocycles. The van der Waals surface area contributed by atoms with Gasteiger partial charge in [0.05, 0.1) is 10.8 Å². The number of nitrogens with zero attached hydrogens (tertiary/aromatic N) is 1. The summed E-state index contributed by atoms with van der Waals surface area (Å²) in [6, 6.07) is 12.4. The van der Waals surface area contributed by atoms with E-state index in [1.807, 2.05) is 32.9 Å². The number of rotatable bonds is 7. The summed E-state index contributed by atoms with van der Waals surface area (Å²) in [7, 11) is -3.59. The number of hydrogen-bond acceptors (Lipinski definition) is 5. The maximum atomic E-state index is 12.9. The van der Waals surface area contributed by atoms with Crippen LogP contribution in [0, 0.1) is 19.8 Å². The molecule has 2 aromatic rings. The van der Waals surface area contributed by atoms with E-state index >= 15 is 0 Å². The minimum absolute atomic E-state index is 0.245. The molecule has 7 heteroatoms.